The van der Waals surface area contributed by atoms with Gasteiger partial charge in [0.25, 0.3) is 0 Å². The van der Waals surface area contributed by atoms with Crippen LogP contribution in [0.2, 0.25) is 5.02 Å². The van der Waals surface area contributed by atoms with E-state index in [9.17, 15) is 8.42 Å². The van der Waals surface area contributed by atoms with Crippen molar-refractivity contribution in [2.45, 2.75) is 30.9 Å². The maximum Gasteiger partial charge on any atom is 0.216 e. The predicted octanol–water partition coefficient (Wildman–Crippen LogP) is 2.38. The molecule has 1 aromatic heterocycles. The van der Waals surface area contributed by atoms with Gasteiger partial charge in [-0.1, -0.05) is 11.6 Å². The van der Waals surface area contributed by atoms with Gasteiger partial charge < -0.3 is 4.90 Å². The monoisotopic (exact) mass is 343 g/mol. The molecule has 5 nitrogen and oxygen atoms in total. The van der Waals surface area contributed by atoms with Crippen LogP contribution in [0.4, 0.5) is 5.69 Å². The molecule has 1 aliphatic heterocycles. The highest BCUT2D eigenvalue weighted by Crippen LogP contribution is 2.32. The molecule has 1 saturated carbocycles. The predicted molar refractivity (Wildman–Crippen MR) is 88.8 cm³/mol. The van der Waals surface area contributed by atoms with Crippen LogP contribution in [0.3, 0.4) is 0 Å². The van der Waals surface area contributed by atoms with Crippen LogP contribution in [0.1, 0.15) is 25.7 Å². The molecule has 0 spiro atoms. The van der Waals surface area contributed by atoms with Crippen LogP contribution >= 0.6 is 11.6 Å². The normalized spacial score (nSPS) is 20.6. The third-order valence-corrected chi connectivity index (χ3v) is 7.22. The number of halogens is 1. The molecule has 0 aromatic carbocycles. The van der Waals surface area contributed by atoms with Crippen LogP contribution in [-0.2, 0) is 10.0 Å². The third-order valence-electron chi connectivity index (χ3n) is 4.60. The van der Waals surface area contributed by atoms with Gasteiger partial charge in [-0.2, -0.15) is 0 Å². The van der Waals surface area contributed by atoms with E-state index >= 15 is 0 Å². The highest BCUT2D eigenvalue weighted by molar-refractivity contribution is 7.90. The van der Waals surface area contributed by atoms with Gasteiger partial charge in [0, 0.05) is 39.1 Å². The lowest BCUT2D eigenvalue weighted by Crippen LogP contribution is -2.40. The molecule has 3 rings (SSSR count). The van der Waals surface area contributed by atoms with E-state index in [1.807, 2.05) is 6.07 Å². The van der Waals surface area contributed by atoms with E-state index in [4.69, 9.17) is 11.6 Å². The molecule has 0 amide bonds. The molecule has 2 fully saturated rings. The van der Waals surface area contributed by atoms with Gasteiger partial charge in [-0.3, -0.25) is 4.98 Å². The largest absolute Gasteiger partial charge is 0.370 e. The number of hydrogen-bond donors (Lipinski definition) is 0. The smallest absolute Gasteiger partial charge is 0.216 e. The summed E-state index contributed by atoms with van der Waals surface area (Å²) in [6.07, 6.45) is 7.05. The zero-order valence-electron chi connectivity index (χ0n) is 12.8. The Morgan fingerprint density at radius 1 is 1.32 bits per heavy atom. The van der Waals surface area contributed by atoms with Gasteiger partial charge in [0.1, 0.15) is 0 Å². The molecule has 0 radical (unpaired) electrons. The van der Waals surface area contributed by atoms with Crippen LogP contribution in [-0.4, -0.2) is 49.6 Å². The fourth-order valence-corrected chi connectivity index (χ4v) is 4.97. The highest BCUT2D eigenvalue weighted by atomic mass is 35.5. The molecule has 122 valence electrons. The average molecular weight is 344 g/mol. The second kappa shape index (κ2) is 6.34. The summed E-state index contributed by atoms with van der Waals surface area (Å²) >= 11 is 6.19. The third kappa shape index (κ3) is 3.39. The second-order valence-electron chi connectivity index (χ2n) is 6.28. The molecule has 0 unspecified atom stereocenters. The summed E-state index contributed by atoms with van der Waals surface area (Å²) in [5, 5.41) is 0.558. The van der Waals surface area contributed by atoms with Gasteiger partial charge >= 0.3 is 0 Å². The minimum absolute atomic E-state index is 0.117. The molecule has 1 saturated heterocycles. The Hall–Kier alpha value is -0.850. The van der Waals surface area contributed by atoms with Crippen molar-refractivity contribution in [2.24, 2.45) is 5.92 Å². The van der Waals surface area contributed by atoms with Gasteiger partial charge in [0.2, 0.25) is 10.0 Å². The van der Waals surface area contributed by atoms with Crippen molar-refractivity contribution in [1.82, 2.24) is 9.29 Å². The minimum atomic E-state index is -3.05. The summed E-state index contributed by atoms with van der Waals surface area (Å²) in [5.41, 5.74) is 1.02. The number of anilines is 1. The Morgan fingerprint density at radius 2 is 2.00 bits per heavy atom. The van der Waals surface area contributed by atoms with Crippen molar-refractivity contribution in [3.8, 4) is 0 Å². The van der Waals surface area contributed by atoms with Crippen molar-refractivity contribution in [1.29, 1.82) is 0 Å². The Morgan fingerprint density at radius 3 is 2.59 bits per heavy atom. The summed E-state index contributed by atoms with van der Waals surface area (Å²) in [6, 6.07) is 1.94. The molecular formula is C15H22ClN3O2S. The first kappa shape index (κ1) is 16.0. The molecule has 1 aliphatic carbocycles. The lowest BCUT2D eigenvalue weighted by molar-refractivity contribution is 0.328. The summed E-state index contributed by atoms with van der Waals surface area (Å²) < 4.78 is 25.9. The highest BCUT2D eigenvalue weighted by Gasteiger charge is 2.39. The van der Waals surface area contributed by atoms with Crippen LogP contribution in [0.15, 0.2) is 18.5 Å². The molecular weight excluding hydrogens is 322 g/mol. The zero-order valence-corrected chi connectivity index (χ0v) is 14.4. The Kier molecular flexibility index (Phi) is 4.61. The van der Waals surface area contributed by atoms with Crippen LogP contribution in [0.25, 0.3) is 0 Å². The van der Waals surface area contributed by atoms with Gasteiger partial charge in [-0.15, -0.1) is 0 Å². The van der Waals surface area contributed by atoms with Crippen molar-refractivity contribution < 1.29 is 8.42 Å². The standard InChI is InChI=1S/C15H22ClN3O2S/c1-18(22(20,21)13-2-3-13)11-12-5-8-19(9-6-12)15-4-7-17-10-14(15)16/h4,7,10,12-13H,2-3,5-6,8-9,11H2,1H3. The molecule has 22 heavy (non-hydrogen) atoms. The van der Waals surface area contributed by atoms with Crippen molar-refractivity contribution in [3.05, 3.63) is 23.5 Å². The number of pyridine rings is 1. The van der Waals surface area contributed by atoms with Crippen LogP contribution in [0, 0.1) is 5.92 Å². The van der Waals surface area contributed by atoms with Crippen LogP contribution < -0.4 is 4.90 Å². The summed E-state index contributed by atoms with van der Waals surface area (Å²) in [4.78, 5) is 6.27. The first-order chi connectivity index (χ1) is 10.5. The van der Waals surface area contributed by atoms with E-state index in [0.717, 1.165) is 44.5 Å². The maximum atomic E-state index is 12.2. The Labute approximate surface area is 137 Å². The number of aromatic nitrogens is 1. The molecule has 7 heteroatoms. The van der Waals surface area contributed by atoms with Crippen molar-refractivity contribution in [2.75, 3.05) is 31.6 Å². The van der Waals surface area contributed by atoms with Gasteiger partial charge in [-0.25, -0.2) is 12.7 Å². The fraction of sp³-hybridized carbons (Fsp3) is 0.667. The van der Waals surface area contributed by atoms with Crippen LogP contribution in [0.5, 0.6) is 0 Å². The number of hydrogen-bond acceptors (Lipinski definition) is 4. The fourth-order valence-electron chi connectivity index (χ4n) is 3.07. The average Bonchev–Trinajstić information content (AvgIpc) is 3.34. The maximum absolute atomic E-state index is 12.2. The van der Waals surface area contributed by atoms with E-state index in [-0.39, 0.29) is 5.25 Å². The zero-order chi connectivity index (χ0) is 15.7. The summed E-state index contributed by atoms with van der Waals surface area (Å²) in [7, 11) is -1.33. The van der Waals surface area contributed by atoms with E-state index in [2.05, 4.69) is 9.88 Å². The van der Waals surface area contributed by atoms with Crippen molar-refractivity contribution >= 4 is 27.3 Å². The number of piperidine rings is 1. The Balaban J connectivity index is 1.55. The van der Waals surface area contributed by atoms with Gasteiger partial charge in [0.05, 0.1) is 16.0 Å². The molecule has 1 aromatic rings. The lowest BCUT2D eigenvalue weighted by atomic mass is 9.96. The molecule has 2 aliphatic rings. The summed E-state index contributed by atoms with van der Waals surface area (Å²) in [5.74, 6) is 0.426. The SMILES string of the molecule is CN(CC1CCN(c2ccncc2Cl)CC1)S(=O)(=O)C1CC1. The van der Waals surface area contributed by atoms with Gasteiger partial charge in [0.15, 0.2) is 0 Å². The first-order valence-electron chi connectivity index (χ1n) is 7.78. The number of nitrogens with zero attached hydrogens (tertiary/aromatic N) is 3. The molecule has 2 heterocycles. The number of rotatable bonds is 5. The quantitative estimate of drug-likeness (QED) is 0.823. The number of sulfonamides is 1. The van der Waals surface area contributed by atoms with E-state index in [1.54, 1.807) is 23.7 Å². The topological polar surface area (TPSA) is 53.5 Å². The van der Waals surface area contributed by atoms with E-state index in [0.29, 0.717) is 17.5 Å². The first-order valence-corrected chi connectivity index (χ1v) is 9.66. The van der Waals surface area contributed by atoms with E-state index < -0.39 is 10.0 Å². The Bertz CT molecular complexity index is 625. The summed E-state index contributed by atoms with van der Waals surface area (Å²) in [6.45, 7) is 2.45. The second-order valence-corrected chi connectivity index (χ2v) is 9.01. The minimum Gasteiger partial charge on any atom is -0.370 e. The lowest BCUT2D eigenvalue weighted by Gasteiger charge is -2.35. The van der Waals surface area contributed by atoms with Crippen molar-refractivity contribution in [3.63, 3.8) is 0 Å². The molecule has 0 bridgehead atoms. The van der Waals surface area contributed by atoms with Gasteiger partial charge in [-0.05, 0) is 37.7 Å². The molecule has 0 N–H and O–H groups in total. The molecule has 0 atom stereocenters. The van der Waals surface area contributed by atoms with E-state index in [1.165, 1.54) is 0 Å².